The van der Waals surface area contributed by atoms with Crippen LogP contribution in [-0.2, 0) is 0 Å². The number of hydrogen-bond donors (Lipinski definition) is 1. The third kappa shape index (κ3) is 0.808. The van der Waals surface area contributed by atoms with Crippen molar-refractivity contribution in [3.05, 3.63) is 0 Å². The second-order valence-electron chi connectivity index (χ2n) is 2.88. The number of nitrogens with zero attached hydrogens (tertiary/aromatic N) is 2. The second kappa shape index (κ2) is 2.22. The van der Waals surface area contributed by atoms with Crippen LogP contribution in [0.4, 0.5) is 0 Å². The van der Waals surface area contributed by atoms with E-state index in [-0.39, 0.29) is 6.04 Å². The molecule has 1 heterocycles. The summed E-state index contributed by atoms with van der Waals surface area (Å²) in [5.74, 6) is 0. The lowest BCUT2D eigenvalue weighted by Gasteiger charge is -2.48. The highest BCUT2D eigenvalue weighted by atomic mass is 16.3. The van der Waals surface area contributed by atoms with E-state index >= 15 is 0 Å². The molecular formula is C7H12N2O. The van der Waals surface area contributed by atoms with E-state index in [1.54, 1.807) is 0 Å². The first-order valence-electron chi connectivity index (χ1n) is 3.48. The van der Waals surface area contributed by atoms with Crippen molar-refractivity contribution in [3.8, 4) is 6.07 Å². The number of rotatable bonds is 1. The average molecular weight is 140 g/mol. The fourth-order valence-corrected chi connectivity index (χ4v) is 1.61. The van der Waals surface area contributed by atoms with Crippen LogP contribution >= 0.6 is 0 Å². The predicted octanol–water partition coefficient (Wildman–Crippen LogP) is -0.0349. The van der Waals surface area contributed by atoms with E-state index in [1.807, 2.05) is 24.9 Å². The van der Waals surface area contributed by atoms with Gasteiger partial charge in [-0.25, -0.2) is 0 Å². The molecule has 56 valence electrons. The molecule has 0 bridgehead atoms. The molecule has 10 heavy (non-hydrogen) atoms. The summed E-state index contributed by atoms with van der Waals surface area (Å²) in [5, 5.41) is 18.0. The first-order valence-corrected chi connectivity index (χ1v) is 3.48. The van der Waals surface area contributed by atoms with Crippen molar-refractivity contribution >= 4 is 0 Å². The molecule has 0 aromatic heterocycles. The largest absolute Gasteiger partial charge is 0.373 e. The van der Waals surface area contributed by atoms with Crippen LogP contribution < -0.4 is 0 Å². The summed E-state index contributed by atoms with van der Waals surface area (Å²) in [7, 11) is 1.92. The van der Waals surface area contributed by atoms with Crippen LogP contribution in [0.15, 0.2) is 0 Å². The van der Waals surface area contributed by atoms with Gasteiger partial charge in [-0.15, -0.1) is 0 Å². The third-order valence-corrected chi connectivity index (χ3v) is 2.15. The number of β-amino-alcohol motifs (C(OH)–C–C–N with tert-alkyl or cyclic N) is 1. The zero-order chi connectivity index (χ0) is 7.78. The summed E-state index contributed by atoms with van der Waals surface area (Å²) < 4.78 is 0. The molecule has 1 rings (SSSR count). The maximum atomic E-state index is 9.45. The van der Waals surface area contributed by atoms with Crippen LogP contribution in [0, 0.1) is 11.3 Å². The lowest BCUT2D eigenvalue weighted by Crippen LogP contribution is -2.67. The summed E-state index contributed by atoms with van der Waals surface area (Å²) in [6, 6.07) is 1.96. The summed E-state index contributed by atoms with van der Waals surface area (Å²) in [4.78, 5) is 1.99. The van der Waals surface area contributed by atoms with E-state index in [1.165, 1.54) is 0 Å². The molecule has 1 aliphatic rings. The first-order chi connectivity index (χ1) is 4.64. The van der Waals surface area contributed by atoms with Crippen LogP contribution in [0.3, 0.4) is 0 Å². The summed E-state index contributed by atoms with van der Waals surface area (Å²) in [5.41, 5.74) is -1.07. The van der Waals surface area contributed by atoms with Gasteiger partial charge in [0.25, 0.3) is 0 Å². The zero-order valence-corrected chi connectivity index (χ0v) is 6.33. The second-order valence-corrected chi connectivity index (χ2v) is 2.88. The molecule has 0 aromatic rings. The average Bonchev–Trinajstić information content (AvgIpc) is 1.88. The van der Waals surface area contributed by atoms with Gasteiger partial charge in [0, 0.05) is 6.54 Å². The van der Waals surface area contributed by atoms with Crippen molar-refractivity contribution in [1.29, 1.82) is 5.26 Å². The normalized spacial score (nSPS) is 40.4. The Morgan fingerprint density at radius 2 is 2.50 bits per heavy atom. The van der Waals surface area contributed by atoms with E-state index in [4.69, 9.17) is 5.26 Å². The van der Waals surface area contributed by atoms with Crippen LogP contribution in [0.25, 0.3) is 0 Å². The molecular weight excluding hydrogens is 128 g/mol. The molecule has 0 amide bonds. The number of nitriles is 1. The molecule has 1 aliphatic heterocycles. The monoisotopic (exact) mass is 140 g/mol. The predicted molar refractivity (Wildman–Crippen MR) is 37.3 cm³/mol. The van der Waals surface area contributed by atoms with Crippen LogP contribution in [0.2, 0.25) is 0 Å². The Bertz CT molecular complexity index is 175. The zero-order valence-electron chi connectivity index (χ0n) is 6.33. The van der Waals surface area contributed by atoms with E-state index in [9.17, 15) is 5.11 Å². The van der Waals surface area contributed by atoms with Gasteiger partial charge in [0.05, 0.1) is 6.04 Å². The van der Waals surface area contributed by atoms with Crippen molar-refractivity contribution in [2.24, 2.45) is 0 Å². The minimum Gasteiger partial charge on any atom is -0.373 e. The molecule has 1 fully saturated rings. The summed E-state index contributed by atoms with van der Waals surface area (Å²) in [6.07, 6.45) is 0.834. The Morgan fingerprint density at radius 1 is 1.90 bits per heavy atom. The van der Waals surface area contributed by atoms with E-state index in [0.717, 1.165) is 6.42 Å². The molecule has 0 saturated carbocycles. The van der Waals surface area contributed by atoms with Gasteiger partial charge in [-0.3, -0.25) is 4.90 Å². The number of likely N-dealkylation sites (N-methyl/N-ethyl adjacent to an activating group) is 1. The van der Waals surface area contributed by atoms with Crippen molar-refractivity contribution in [2.45, 2.75) is 25.0 Å². The van der Waals surface area contributed by atoms with Crippen LogP contribution in [0.1, 0.15) is 13.3 Å². The van der Waals surface area contributed by atoms with Gasteiger partial charge in [-0.05, 0) is 13.5 Å². The highest BCUT2D eigenvalue weighted by Crippen LogP contribution is 2.28. The summed E-state index contributed by atoms with van der Waals surface area (Å²) in [6.45, 7) is 2.46. The van der Waals surface area contributed by atoms with Crippen LogP contribution in [-0.4, -0.2) is 35.2 Å². The standard InChI is InChI=1S/C7H12N2O/c1-3-6-7(10,4-8)5-9(6)2/h6,10H,3,5H2,1-2H3. The topological polar surface area (TPSA) is 47.3 Å². The number of likely N-dealkylation sites (tertiary alicyclic amines) is 1. The minimum atomic E-state index is -1.07. The molecule has 0 aromatic carbocycles. The van der Waals surface area contributed by atoms with Crippen molar-refractivity contribution in [3.63, 3.8) is 0 Å². The fourth-order valence-electron chi connectivity index (χ4n) is 1.61. The molecule has 1 saturated heterocycles. The molecule has 3 nitrogen and oxygen atoms in total. The molecule has 3 heteroatoms. The van der Waals surface area contributed by atoms with Gasteiger partial charge < -0.3 is 5.11 Å². The Kier molecular flexibility index (Phi) is 1.67. The molecule has 0 aliphatic carbocycles. The maximum Gasteiger partial charge on any atom is 0.179 e. The van der Waals surface area contributed by atoms with E-state index in [2.05, 4.69) is 0 Å². The van der Waals surface area contributed by atoms with Gasteiger partial charge in [-0.2, -0.15) is 5.26 Å². The van der Waals surface area contributed by atoms with E-state index < -0.39 is 5.60 Å². The molecule has 1 N–H and O–H groups in total. The van der Waals surface area contributed by atoms with Gasteiger partial charge in [0.1, 0.15) is 6.07 Å². The Hall–Kier alpha value is -0.590. The van der Waals surface area contributed by atoms with E-state index in [0.29, 0.717) is 6.54 Å². The third-order valence-electron chi connectivity index (χ3n) is 2.15. The highest BCUT2D eigenvalue weighted by molar-refractivity contribution is 5.16. The molecule has 0 radical (unpaired) electrons. The Morgan fingerprint density at radius 3 is 2.70 bits per heavy atom. The highest BCUT2D eigenvalue weighted by Gasteiger charge is 2.48. The smallest absolute Gasteiger partial charge is 0.179 e. The molecule has 2 unspecified atom stereocenters. The molecule has 2 atom stereocenters. The van der Waals surface area contributed by atoms with Gasteiger partial charge in [0.2, 0.25) is 0 Å². The fraction of sp³-hybridized carbons (Fsp3) is 0.857. The minimum absolute atomic E-state index is 0.0394. The van der Waals surface area contributed by atoms with Crippen LogP contribution in [0.5, 0.6) is 0 Å². The maximum absolute atomic E-state index is 9.45. The Labute approximate surface area is 60.9 Å². The van der Waals surface area contributed by atoms with Gasteiger partial charge in [-0.1, -0.05) is 6.92 Å². The Balaban J connectivity index is 2.62. The van der Waals surface area contributed by atoms with Gasteiger partial charge in [0.15, 0.2) is 5.60 Å². The van der Waals surface area contributed by atoms with Crippen molar-refractivity contribution in [1.82, 2.24) is 4.90 Å². The quantitative estimate of drug-likeness (QED) is 0.520. The van der Waals surface area contributed by atoms with Crippen molar-refractivity contribution in [2.75, 3.05) is 13.6 Å². The number of hydrogen-bond acceptors (Lipinski definition) is 3. The SMILES string of the molecule is CCC1N(C)CC1(O)C#N. The van der Waals surface area contributed by atoms with Gasteiger partial charge >= 0.3 is 0 Å². The first kappa shape index (κ1) is 7.52. The molecule has 0 spiro atoms. The lowest BCUT2D eigenvalue weighted by molar-refractivity contribution is -0.101. The number of aliphatic hydroxyl groups is 1. The summed E-state index contributed by atoms with van der Waals surface area (Å²) >= 11 is 0. The lowest BCUT2D eigenvalue weighted by atomic mass is 9.84. The van der Waals surface area contributed by atoms with Crippen molar-refractivity contribution < 1.29 is 5.11 Å².